The molecule has 3 aromatic carbocycles. The molecule has 0 amide bonds. The van der Waals surface area contributed by atoms with E-state index in [4.69, 9.17) is 4.98 Å². The van der Waals surface area contributed by atoms with Gasteiger partial charge < -0.3 is 17.0 Å². The van der Waals surface area contributed by atoms with Crippen LogP contribution in [0.4, 0.5) is 0 Å². The van der Waals surface area contributed by atoms with Gasteiger partial charge in [-0.05, 0) is 18.2 Å². The van der Waals surface area contributed by atoms with Gasteiger partial charge in [0.25, 0.3) is 5.56 Å². The molecule has 0 aliphatic rings. The van der Waals surface area contributed by atoms with E-state index in [2.05, 4.69) is 47.3 Å². The van der Waals surface area contributed by atoms with Gasteiger partial charge in [0.05, 0.1) is 16.6 Å². The van der Waals surface area contributed by atoms with Gasteiger partial charge in [-0.15, -0.1) is 0 Å². The SMILES string of the molecule is Cn1c(=O)c2c(-c3ccccc3)nc(-c3ccc[n+](Cc4ccccc4)c3)n2c2ccccc21.[Cl-]. The van der Waals surface area contributed by atoms with Crippen LogP contribution < -0.4 is 22.5 Å². The molecule has 6 heteroatoms. The minimum atomic E-state index is -0.0654. The molecule has 172 valence electrons. The molecule has 0 unspecified atom stereocenters. The molecule has 0 spiro atoms. The van der Waals surface area contributed by atoms with Crippen LogP contribution in [0.5, 0.6) is 0 Å². The lowest BCUT2D eigenvalue weighted by molar-refractivity contribution is -0.687. The molecule has 0 atom stereocenters. The van der Waals surface area contributed by atoms with Crippen LogP contribution in [0.1, 0.15) is 5.56 Å². The van der Waals surface area contributed by atoms with Gasteiger partial charge in [-0.2, -0.15) is 0 Å². The topological polar surface area (TPSA) is 43.2 Å². The van der Waals surface area contributed by atoms with Gasteiger partial charge in [0.1, 0.15) is 11.2 Å². The Morgan fingerprint density at radius 1 is 0.771 bits per heavy atom. The maximum absolute atomic E-state index is 13.6. The van der Waals surface area contributed by atoms with Crippen molar-refractivity contribution in [1.29, 1.82) is 0 Å². The summed E-state index contributed by atoms with van der Waals surface area (Å²) in [6.07, 6.45) is 4.16. The summed E-state index contributed by atoms with van der Waals surface area (Å²) >= 11 is 0. The molecule has 0 saturated heterocycles. The van der Waals surface area contributed by atoms with E-state index in [-0.39, 0.29) is 18.0 Å². The molecular formula is C29H23ClN4O. The van der Waals surface area contributed by atoms with Crippen LogP contribution in [0.25, 0.3) is 39.2 Å². The summed E-state index contributed by atoms with van der Waals surface area (Å²) < 4.78 is 5.88. The fourth-order valence-corrected chi connectivity index (χ4v) is 4.60. The van der Waals surface area contributed by atoms with Crippen molar-refractivity contribution in [3.63, 3.8) is 0 Å². The summed E-state index contributed by atoms with van der Waals surface area (Å²) in [6.45, 7) is 0.756. The van der Waals surface area contributed by atoms with Crippen LogP contribution in [0.15, 0.2) is 114 Å². The second kappa shape index (κ2) is 9.20. The van der Waals surface area contributed by atoms with Crippen molar-refractivity contribution in [2.75, 3.05) is 0 Å². The van der Waals surface area contributed by atoms with Crippen molar-refractivity contribution in [3.8, 4) is 22.6 Å². The molecular weight excluding hydrogens is 456 g/mol. The van der Waals surface area contributed by atoms with Crippen molar-refractivity contribution in [2.45, 2.75) is 6.54 Å². The molecule has 35 heavy (non-hydrogen) atoms. The second-order valence-corrected chi connectivity index (χ2v) is 8.44. The van der Waals surface area contributed by atoms with Crippen molar-refractivity contribution in [1.82, 2.24) is 14.0 Å². The van der Waals surface area contributed by atoms with E-state index < -0.39 is 0 Å². The van der Waals surface area contributed by atoms with Gasteiger partial charge in [0.2, 0.25) is 0 Å². The highest BCUT2D eigenvalue weighted by atomic mass is 35.5. The smallest absolute Gasteiger partial charge is 0.277 e. The summed E-state index contributed by atoms with van der Waals surface area (Å²) in [5.41, 5.74) is 6.13. The molecule has 6 rings (SSSR count). The molecule has 0 N–H and O–H groups in total. The first-order valence-electron chi connectivity index (χ1n) is 11.3. The van der Waals surface area contributed by atoms with Gasteiger partial charge in [-0.3, -0.25) is 9.20 Å². The maximum atomic E-state index is 13.6. The summed E-state index contributed by atoms with van der Waals surface area (Å²) in [5.74, 6) is 0.755. The Morgan fingerprint density at radius 2 is 1.40 bits per heavy atom. The first kappa shape index (κ1) is 22.6. The number of halogens is 1. The van der Waals surface area contributed by atoms with Crippen LogP contribution >= 0.6 is 0 Å². The van der Waals surface area contributed by atoms with E-state index >= 15 is 0 Å². The normalized spacial score (nSPS) is 11.0. The third-order valence-electron chi connectivity index (χ3n) is 6.24. The Labute approximate surface area is 209 Å². The van der Waals surface area contributed by atoms with E-state index in [1.54, 1.807) is 4.57 Å². The Balaban J connectivity index is 0.00000253. The summed E-state index contributed by atoms with van der Waals surface area (Å²) in [4.78, 5) is 18.7. The predicted octanol–water partition coefficient (Wildman–Crippen LogP) is 1.86. The highest BCUT2D eigenvalue weighted by molar-refractivity contribution is 5.88. The zero-order valence-corrected chi connectivity index (χ0v) is 19.9. The second-order valence-electron chi connectivity index (χ2n) is 8.44. The number of para-hydroxylation sites is 2. The monoisotopic (exact) mass is 478 g/mol. The Kier molecular flexibility index (Phi) is 5.93. The van der Waals surface area contributed by atoms with Gasteiger partial charge in [0, 0.05) is 24.2 Å². The summed E-state index contributed by atoms with van der Waals surface area (Å²) in [7, 11) is 1.82. The van der Waals surface area contributed by atoms with Crippen molar-refractivity contribution in [2.24, 2.45) is 7.05 Å². The number of aryl methyl sites for hydroxylation is 1. The van der Waals surface area contributed by atoms with E-state index in [0.717, 1.165) is 34.5 Å². The molecule has 3 aromatic heterocycles. The minimum Gasteiger partial charge on any atom is -1.00 e. The maximum Gasteiger partial charge on any atom is 0.277 e. The zero-order chi connectivity index (χ0) is 23.1. The van der Waals surface area contributed by atoms with Crippen molar-refractivity contribution in [3.05, 3.63) is 125 Å². The average Bonchev–Trinajstić information content (AvgIpc) is 3.30. The number of pyridine rings is 1. The summed E-state index contributed by atoms with van der Waals surface area (Å²) in [6, 6.07) is 32.4. The van der Waals surface area contributed by atoms with Gasteiger partial charge in [-0.25, -0.2) is 9.55 Å². The molecule has 0 saturated carbocycles. The lowest BCUT2D eigenvalue weighted by Crippen LogP contribution is -3.00. The Bertz CT molecular complexity index is 1710. The van der Waals surface area contributed by atoms with Crippen LogP contribution in [0.2, 0.25) is 0 Å². The number of fused-ring (bicyclic) bond motifs is 3. The van der Waals surface area contributed by atoms with E-state index in [1.165, 1.54) is 5.56 Å². The number of hydrogen-bond acceptors (Lipinski definition) is 2. The average molecular weight is 479 g/mol. The fourth-order valence-electron chi connectivity index (χ4n) is 4.60. The molecule has 0 aliphatic carbocycles. The van der Waals surface area contributed by atoms with E-state index in [1.807, 2.05) is 78.2 Å². The number of nitrogens with zero attached hydrogens (tertiary/aromatic N) is 4. The van der Waals surface area contributed by atoms with Crippen molar-refractivity contribution < 1.29 is 17.0 Å². The van der Waals surface area contributed by atoms with E-state index in [9.17, 15) is 4.79 Å². The largest absolute Gasteiger partial charge is 1.00 e. The number of aromatic nitrogens is 4. The number of rotatable bonds is 4. The lowest BCUT2D eigenvalue weighted by Gasteiger charge is -2.10. The minimum absolute atomic E-state index is 0. The molecule has 3 heterocycles. The number of imidazole rings is 1. The molecule has 5 nitrogen and oxygen atoms in total. The third-order valence-corrected chi connectivity index (χ3v) is 6.24. The number of hydrogen-bond donors (Lipinski definition) is 0. The Morgan fingerprint density at radius 3 is 2.14 bits per heavy atom. The highest BCUT2D eigenvalue weighted by Crippen LogP contribution is 2.30. The lowest BCUT2D eigenvalue weighted by atomic mass is 10.1. The molecule has 0 aliphatic heterocycles. The van der Waals surface area contributed by atoms with Gasteiger partial charge in [-0.1, -0.05) is 72.8 Å². The Hall–Kier alpha value is -4.22. The molecule has 0 fully saturated rings. The van der Waals surface area contributed by atoms with Crippen LogP contribution in [-0.4, -0.2) is 14.0 Å². The van der Waals surface area contributed by atoms with Crippen LogP contribution in [0, 0.1) is 0 Å². The van der Waals surface area contributed by atoms with Gasteiger partial charge >= 0.3 is 0 Å². The number of benzene rings is 3. The van der Waals surface area contributed by atoms with E-state index in [0.29, 0.717) is 11.2 Å². The zero-order valence-electron chi connectivity index (χ0n) is 19.2. The first-order valence-corrected chi connectivity index (χ1v) is 11.3. The molecule has 6 aromatic rings. The third kappa shape index (κ3) is 3.90. The van der Waals surface area contributed by atoms with Crippen LogP contribution in [0.3, 0.4) is 0 Å². The van der Waals surface area contributed by atoms with Gasteiger partial charge in [0.15, 0.2) is 24.8 Å². The highest BCUT2D eigenvalue weighted by Gasteiger charge is 2.22. The predicted molar refractivity (Wildman–Crippen MR) is 135 cm³/mol. The van der Waals surface area contributed by atoms with Crippen LogP contribution in [-0.2, 0) is 13.6 Å². The van der Waals surface area contributed by atoms with Crippen molar-refractivity contribution >= 4 is 16.6 Å². The quantitative estimate of drug-likeness (QED) is 0.363. The molecule has 0 bridgehead atoms. The summed E-state index contributed by atoms with van der Waals surface area (Å²) in [5, 5.41) is 0. The fraction of sp³-hybridized carbons (Fsp3) is 0.0690. The standard InChI is InChI=1S/C29H23N4O.ClH/c1-31-24-16-8-9-17-25(24)33-27(29(31)34)26(22-13-6-3-7-14-22)30-28(33)23-15-10-18-32(20-23)19-21-11-4-2-5-12-21;/h2-18,20H,19H2,1H3;1H/q+1;/p-1. The first-order chi connectivity index (χ1) is 16.7. The molecule has 0 radical (unpaired) electrons.